The number of alkyl halides is 1. The van der Waals surface area contributed by atoms with Crippen LogP contribution in [0.5, 0.6) is 0 Å². The van der Waals surface area contributed by atoms with Crippen molar-refractivity contribution in [2.75, 3.05) is 24.6 Å². The lowest BCUT2D eigenvalue weighted by molar-refractivity contribution is 0.431. The predicted octanol–water partition coefficient (Wildman–Crippen LogP) is 1.00. The smallest absolute Gasteiger partial charge is 0.229 e. The summed E-state index contributed by atoms with van der Waals surface area (Å²) in [5, 5.41) is 0.662. The minimum Gasteiger partial charge on any atom is -0.229 e. The number of halogens is 1. The molecule has 1 aromatic rings. The lowest BCUT2D eigenvalue weighted by atomic mass is 10.2. The summed E-state index contributed by atoms with van der Waals surface area (Å²) in [5.74, 6) is -0.211. The average Bonchev–Trinajstić information content (AvgIpc) is 2.38. The van der Waals surface area contributed by atoms with Gasteiger partial charge in [-0.25, -0.2) is 16.8 Å². The molecule has 8 heteroatoms. The molecule has 1 heterocycles. The zero-order valence-electron chi connectivity index (χ0n) is 10.1. The van der Waals surface area contributed by atoms with Crippen LogP contribution in [0.15, 0.2) is 29.2 Å². The van der Waals surface area contributed by atoms with Gasteiger partial charge in [0.05, 0.1) is 16.4 Å². The molecule has 1 aromatic carbocycles. The second kappa shape index (κ2) is 5.51. The Morgan fingerprint density at radius 1 is 1.11 bits per heavy atom. The molecule has 0 aliphatic carbocycles. The lowest BCUT2D eigenvalue weighted by Crippen LogP contribution is -2.43. The molecule has 0 radical (unpaired) electrons. The van der Waals surface area contributed by atoms with Gasteiger partial charge in [-0.05, 0) is 17.7 Å². The normalized spacial score (nSPS) is 20.3. The largest absolute Gasteiger partial charge is 0.243 e. The molecule has 1 aliphatic heterocycles. The topological polar surface area (TPSA) is 71.5 Å². The maximum absolute atomic E-state index is 12.3. The Balaban J connectivity index is 2.22. The van der Waals surface area contributed by atoms with Crippen molar-refractivity contribution in [1.82, 2.24) is 4.31 Å². The molecule has 0 saturated carbocycles. The first-order valence-electron chi connectivity index (χ1n) is 5.71. The third-order valence-corrected chi connectivity index (χ3v) is 7.19. The first-order valence-corrected chi connectivity index (χ1v) is 10.1. The minimum atomic E-state index is -3.58. The van der Waals surface area contributed by atoms with E-state index < -0.39 is 19.9 Å². The first-order chi connectivity index (χ1) is 8.85. The van der Waals surface area contributed by atoms with Crippen LogP contribution in [0.3, 0.4) is 0 Å². The van der Waals surface area contributed by atoms with Gasteiger partial charge in [-0.3, -0.25) is 0 Å². The van der Waals surface area contributed by atoms with Gasteiger partial charge in [0, 0.05) is 18.4 Å². The SMILES string of the molecule is O=S1(=O)CCN(S(=O)(=O)c2ccc(CBr)cc2)CC1. The van der Waals surface area contributed by atoms with Gasteiger partial charge in [-0.15, -0.1) is 0 Å². The van der Waals surface area contributed by atoms with Crippen molar-refractivity contribution in [2.24, 2.45) is 0 Å². The number of benzene rings is 1. The fourth-order valence-corrected chi connectivity index (χ4v) is 5.08. The van der Waals surface area contributed by atoms with Crippen LogP contribution in [0.1, 0.15) is 5.56 Å². The number of nitrogens with zero attached hydrogens (tertiary/aromatic N) is 1. The van der Waals surface area contributed by atoms with Crippen LogP contribution >= 0.6 is 15.9 Å². The van der Waals surface area contributed by atoms with Crippen LogP contribution in [-0.4, -0.2) is 45.7 Å². The molecule has 0 atom stereocenters. The van der Waals surface area contributed by atoms with Crippen molar-refractivity contribution in [3.63, 3.8) is 0 Å². The monoisotopic (exact) mass is 367 g/mol. The molecule has 1 aliphatic rings. The van der Waals surface area contributed by atoms with Gasteiger partial charge in [0.2, 0.25) is 10.0 Å². The molecule has 1 saturated heterocycles. The van der Waals surface area contributed by atoms with Crippen LogP contribution in [0, 0.1) is 0 Å². The Bertz CT molecular complexity index is 638. The molecule has 0 N–H and O–H groups in total. The molecule has 1 fully saturated rings. The Labute approximate surface area is 121 Å². The summed E-state index contributed by atoms with van der Waals surface area (Å²) < 4.78 is 48.5. The number of rotatable bonds is 3. The van der Waals surface area contributed by atoms with Crippen LogP contribution in [-0.2, 0) is 25.2 Å². The summed E-state index contributed by atoms with van der Waals surface area (Å²) in [6.07, 6.45) is 0. The standard InChI is InChI=1S/C11H14BrNO4S2/c12-9-10-1-3-11(4-2-10)19(16,17)13-5-7-18(14,15)8-6-13/h1-4H,5-9H2. The van der Waals surface area contributed by atoms with E-state index in [0.29, 0.717) is 5.33 Å². The minimum absolute atomic E-state index is 0.0326. The number of sulfonamides is 1. The number of sulfone groups is 1. The quantitative estimate of drug-likeness (QED) is 0.747. The lowest BCUT2D eigenvalue weighted by Gasteiger charge is -2.25. The van der Waals surface area contributed by atoms with Crippen molar-refractivity contribution >= 4 is 35.8 Å². The highest BCUT2D eigenvalue weighted by atomic mass is 79.9. The van der Waals surface area contributed by atoms with Gasteiger partial charge in [-0.2, -0.15) is 4.31 Å². The van der Waals surface area contributed by atoms with Crippen LogP contribution in [0.2, 0.25) is 0 Å². The maximum atomic E-state index is 12.3. The van der Waals surface area contributed by atoms with E-state index in [0.717, 1.165) is 5.56 Å². The Kier molecular flexibility index (Phi) is 4.34. The van der Waals surface area contributed by atoms with Crippen molar-refractivity contribution in [3.05, 3.63) is 29.8 Å². The van der Waals surface area contributed by atoms with Gasteiger partial charge in [0.15, 0.2) is 9.84 Å². The second-order valence-electron chi connectivity index (χ2n) is 4.33. The summed E-state index contributed by atoms with van der Waals surface area (Å²) in [7, 11) is -6.66. The van der Waals surface area contributed by atoms with E-state index in [-0.39, 0.29) is 29.5 Å². The molecule has 0 amide bonds. The predicted molar refractivity (Wildman–Crippen MR) is 76.5 cm³/mol. The Morgan fingerprint density at radius 3 is 2.11 bits per heavy atom. The zero-order valence-corrected chi connectivity index (χ0v) is 13.3. The fraction of sp³-hybridized carbons (Fsp3) is 0.455. The molecular formula is C11H14BrNO4S2. The van der Waals surface area contributed by atoms with E-state index in [4.69, 9.17) is 0 Å². The van der Waals surface area contributed by atoms with E-state index in [2.05, 4.69) is 15.9 Å². The summed E-state index contributed by atoms with van der Waals surface area (Å²) in [6.45, 7) is 0.0652. The van der Waals surface area contributed by atoms with E-state index >= 15 is 0 Å². The van der Waals surface area contributed by atoms with E-state index in [1.165, 1.54) is 4.31 Å². The molecule has 0 bridgehead atoms. The summed E-state index contributed by atoms with van der Waals surface area (Å²) in [5.41, 5.74) is 0.986. The fourth-order valence-electron chi connectivity index (χ4n) is 1.84. The summed E-state index contributed by atoms with van der Waals surface area (Å²) in [6, 6.07) is 6.58. The molecule has 0 aromatic heterocycles. The maximum Gasteiger partial charge on any atom is 0.243 e. The Morgan fingerprint density at radius 2 is 1.63 bits per heavy atom. The molecule has 0 unspecified atom stereocenters. The van der Waals surface area contributed by atoms with E-state index in [9.17, 15) is 16.8 Å². The summed E-state index contributed by atoms with van der Waals surface area (Å²) >= 11 is 3.30. The third-order valence-electron chi connectivity index (χ3n) is 3.02. The summed E-state index contributed by atoms with van der Waals surface area (Å²) in [4.78, 5) is 0.205. The third kappa shape index (κ3) is 3.36. The van der Waals surface area contributed by atoms with Gasteiger partial charge in [0.25, 0.3) is 0 Å². The molecule has 0 spiro atoms. The van der Waals surface area contributed by atoms with Crippen molar-refractivity contribution < 1.29 is 16.8 Å². The van der Waals surface area contributed by atoms with E-state index in [1.807, 2.05) is 0 Å². The second-order valence-corrected chi connectivity index (χ2v) is 9.14. The highest BCUT2D eigenvalue weighted by Crippen LogP contribution is 2.19. The van der Waals surface area contributed by atoms with Crippen molar-refractivity contribution in [1.29, 1.82) is 0 Å². The highest BCUT2D eigenvalue weighted by Gasteiger charge is 2.30. The molecule has 19 heavy (non-hydrogen) atoms. The highest BCUT2D eigenvalue weighted by molar-refractivity contribution is 9.08. The van der Waals surface area contributed by atoms with Crippen molar-refractivity contribution in [3.8, 4) is 0 Å². The molecular weight excluding hydrogens is 354 g/mol. The van der Waals surface area contributed by atoms with Crippen LogP contribution in [0.4, 0.5) is 0 Å². The zero-order chi connectivity index (χ0) is 14.1. The van der Waals surface area contributed by atoms with Gasteiger partial charge in [0.1, 0.15) is 0 Å². The Hall–Kier alpha value is -0.440. The van der Waals surface area contributed by atoms with Gasteiger partial charge >= 0.3 is 0 Å². The molecule has 2 rings (SSSR count). The van der Waals surface area contributed by atoms with Crippen LogP contribution in [0.25, 0.3) is 0 Å². The van der Waals surface area contributed by atoms with Gasteiger partial charge in [-0.1, -0.05) is 28.1 Å². The average molecular weight is 368 g/mol. The van der Waals surface area contributed by atoms with Crippen LogP contribution < -0.4 is 0 Å². The molecule has 5 nitrogen and oxygen atoms in total. The molecule has 106 valence electrons. The first kappa shape index (κ1) is 15.0. The number of hydrogen-bond donors (Lipinski definition) is 0. The van der Waals surface area contributed by atoms with Crippen molar-refractivity contribution in [2.45, 2.75) is 10.2 Å². The number of hydrogen-bond acceptors (Lipinski definition) is 4. The van der Waals surface area contributed by atoms with Gasteiger partial charge < -0.3 is 0 Å². The van der Waals surface area contributed by atoms with E-state index in [1.54, 1.807) is 24.3 Å².